The average molecular weight is 292 g/mol. The molecule has 0 atom stereocenters. The number of carbonyl (C=O) groups is 2. The van der Waals surface area contributed by atoms with Crippen molar-refractivity contribution < 1.29 is 19.2 Å². The first-order chi connectivity index (χ1) is 9.95. The van der Waals surface area contributed by atoms with Crippen LogP contribution in [0.3, 0.4) is 0 Å². The van der Waals surface area contributed by atoms with Gasteiger partial charge in [0.25, 0.3) is 5.69 Å². The Labute approximate surface area is 122 Å². The van der Waals surface area contributed by atoms with Crippen LogP contribution in [0.15, 0.2) is 30.3 Å². The smallest absolute Gasteiger partial charge is 0.307 e. The van der Waals surface area contributed by atoms with Crippen LogP contribution in [-0.4, -0.2) is 42.4 Å². The van der Waals surface area contributed by atoms with Gasteiger partial charge in [0.2, 0.25) is 5.91 Å². The van der Waals surface area contributed by atoms with Crippen LogP contribution in [0, 0.1) is 10.1 Å². The topological polar surface area (TPSA) is 89.8 Å². The summed E-state index contributed by atoms with van der Waals surface area (Å²) in [6.45, 7) is 0.215. The van der Waals surface area contributed by atoms with Crippen molar-refractivity contribution in [2.24, 2.45) is 0 Å². The van der Waals surface area contributed by atoms with Crippen molar-refractivity contribution in [2.45, 2.75) is 6.42 Å². The molecule has 0 radical (unpaired) electrons. The minimum absolute atomic E-state index is 0.0706. The molecule has 1 amide bonds. The monoisotopic (exact) mass is 292 g/mol. The molecule has 0 N–H and O–H groups in total. The maximum Gasteiger partial charge on any atom is 0.307 e. The SMILES string of the molecule is COC(=O)CCN(C)C(=O)C=Cc1ccccc1[N+](=O)[O-]. The van der Waals surface area contributed by atoms with Crippen LogP contribution in [0.1, 0.15) is 12.0 Å². The van der Waals surface area contributed by atoms with Crippen LogP contribution in [0.25, 0.3) is 6.08 Å². The predicted molar refractivity (Wildman–Crippen MR) is 76.4 cm³/mol. The highest BCUT2D eigenvalue weighted by atomic mass is 16.6. The number of para-hydroxylation sites is 1. The second-order valence-corrected chi connectivity index (χ2v) is 4.24. The van der Waals surface area contributed by atoms with Gasteiger partial charge in [-0.2, -0.15) is 0 Å². The van der Waals surface area contributed by atoms with Gasteiger partial charge in [0, 0.05) is 25.7 Å². The van der Waals surface area contributed by atoms with Gasteiger partial charge in [-0.25, -0.2) is 0 Å². The molecule has 0 aromatic heterocycles. The Bertz CT molecular complexity index is 568. The number of ether oxygens (including phenoxy) is 1. The second kappa shape index (κ2) is 7.78. The molecular weight excluding hydrogens is 276 g/mol. The Balaban J connectivity index is 2.70. The first kappa shape index (κ1) is 16.4. The zero-order chi connectivity index (χ0) is 15.8. The molecule has 0 bridgehead atoms. The van der Waals surface area contributed by atoms with Crippen molar-refractivity contribution in [3.8, 4) is 0 Å². The fourth-order valence-electron chi connectivity index (χ4n) is 1.55. The maximum absolute atomic E-state index is 11.8. The third-order valence-corrected chi connectivity index (χ3v) is 2.79. The molecule has 7 heteroatoms. The summed E-state index contributed by atoms with van der Waals surface area (Å²) in [6.07, 6.45) is 2.72. The lowest BCUT2D eigenvalue weighted by Gasteiger charge is -2.13. The van der Waals surface area contributed by atoms with Gasteiger partial charge in [0.05, 0.1) is 24.0 Å². The van der Waals surface area contributed by atoms with E-state index in [1.165, 1.54) is 37.3 Å². The quantitative estimate of drug-likeness (QED) is 0.344. The number of likely N-dealkylation sites (N-methyl/N-ethyl adjacent to an activating group) is 1. The maximum atomic E-state index is 11.8. The van der Waals surface area contributed by atoms with Gasteiger partial charge in [-0.15, -0.1) is 0 Å². The van der Waals surface area contributed by atoms with Gasteiger partial charge in [-0.3, -0.25) is 19.7 Å². The highest BCUT2D eigenvalue weighted by molar-refractivity contribution is 5.92. The van der Waals surface area contributed by atoms with Gasteiger partial charge in [0.1, 0.15) is 0 Å². The molecule has 0 aliphatic carbocycles. The molecule has 0 spiro atoms. The second-order valence-electron chi connectivity index (χ2n) is 4.24. The molecule has 1 aromatic carbocycles. The number of carbonyl (C=O) groups excluding carboxylic acids is 2. The van der Waals surface area contributed by atoms with Crippen LogP contribution in [0.2, 0.25) is 0 Å². The van der Waals surface area contributed by atoms with E-state index in [1.54, 1.807) is 18.2 Å². The summed E-state index contributed by atoms with van der Waals surface area (Å²) in [6, 6.07) is 6.12. The predicted octanol–water partition coefficient (Wildman–Crippen LogP) is 1.63. The number of nitro groups is 1. The number of hydrogen-bond donors (Lipinski definition) is 0. The van der Waals surface area contributed by atoms with E-state index in [9.17, 15) is 19.7 Å². The summed E-state index contributed by atoms with van der Waals surface area (Å²) in [5, 5.41) is 10.8. The summed E-state index contributed by atoms with van der Waals surface area (Å²) < 4.78 is 4.48. The fraction of sp³-hybridized carbons (Fsp3) is 0.286. The number of esters is 1. The lowest BCUT2D eigenvalue weighted by Crippen LogP contribution is -2.27. The molecule has 0 saturated carbocycles. The summed E-state index contributed by atoms with van der Waals surface area (Å²) in [5.41, 5.74) is 0.274. The lowest BCUT2D eigenvalue weighted by atomic mass is 10.1. The number of hydrogen-bond acceptors (Lipinski definition) is 5. The van der Waals surface area contributed by atoms with E-state index in [-0.39, 0.29) is 24.6 Å². The summed E-state index contributed by atoms with van der Waals surface area (Å²) in [4.78, 5) is 34.5. The van der Waals surface area contributed by atoms with Crippen molar-refractivity contribution >= 4 is 23.6 Å². The molecule has 7 nitrogen and oxygen atoms in total. The summed E-state index contributed by atoms with van der Waals surface area (Å²) in [7, 11) is 2.81. The third kappa shape index (κ3) is 5.06. The number of amides is 1. The van der Waals surface area contributed by atoms with E-state index in [0.717, 1.165) is 0 Å². The van der Waals surface area contributed by atoms with E-state index < -0.39 is 10.9 Å². The number of nitrogens with zero attached hydrogens (tertiary/aromatic N) is 2. The normalized spacial score (nSPS) is 10.4. The number of benzene rings is 1. The van der Waals surface area contributed by atoms with Crippen molar-refractivity contribution in [3.05, 3.63) is 46.0 Å². The average Bonchev–Trinajstić information content (AvgIpc) is 2.49. The number of rotatable bonds is 6. The summed E-state index contributed by atoms with van der Waals surface area (Å²) >= 11 is 0. The highest BCUT2D eigenvalue weighted by Gasteiger charge is 2.11. The van der Waals surface area contributed by atoms with Crippen LogP contribution >= 0.6 is 0 Å². The van der Waals surface area contributed by atoms with E-state index in [1.807, 2.05) is 0 Å². The molecule has 21 heavy (non-hydrogen) atoms. The van der Waals surface area contributed by atoms with E-state index in [0.29, 0.717) is 5.56 Å². The van der Waals surface area contributed by atoms with Gasteiger partial charge >= 0.3 is 5.97 Å². The van der Waals surface area contributed by atoms with Crippen molar-refractivity contribution in [3.63, 3.8) is 0 Å². The van der Waals surface area contributed by atoms with Gasteiger partial charge in [-0.05, 0) is 12.1 Å². The number of methoxy groups -OCH3 is 1. The third-order valence-electron chi connectivity index (χ3n) is 2.79. The van der Waals surface area contributed by atoms with Gasteiger partial charge < -0.3 is 9.64 Å². The first-order valence-electron chi connectivity index (χ1n) is 6.19. The van der Waals surface area contributed by atoms with Crippen molar-refractivity contribution in [2.75, 3.05) is 20.7 Å². The first-order valence-corrected chi connectivity index (χ1v) is 6.19. The number of nitro benzene ring substituents is 1. The molecule has 112 valence electrons. The van der Waals surface area contributed by atoms with E-state index in [4.69, 9.17) is 0 Å². The standard InChI is InChI=1S/C14H16N2O5/c1-15(10-9-14(18)21-2)13(17)8-7-11-5-3-4-6-12(11)16(19)20/h3-8H,9-10H2,1-2H3. The molecule has 0 fully saturated rings. The molecule has 0 heterocycles. The Morgan fingerprint density at radius 1 is 1.38 bits per heavy atom. The Hall–Kier alpha value is -2.70. The van der Waals surface area contributed by atoms with Gasteiger partial charge in [-0.1, -0.05) is 12.1 Å². The molecular formula is C14H16N2O5. The van der Waals surface area contributed by atoms with Crippen LogP contribution in [0.5, 0.6) is 0 Å². The van der Waals surface area contributed by atoms with E-state index in [2.05, 4.69) is 4.74 Å². The highest BCUT2D eigenvalue weighted by Crippen LogP contribution is 2.18. The Morgan fingerprint density at radius 3 is 2.67 bits per heavy atom. The zero-order valence-electron chi connectivity index (χ0n) is 11.8. The molecule has 0 unspecified atom stereocenters. The lowest BCUT2D eigenvalue weighted by molar-refractivity contribution is -0.385. The van der Waals surface area contributed by atoms with E-state index >= 15 is 0 Å². The summed E-state index contributed by atoms with van der Waals surface area (Å²) in [5.74, 6) is -0.755. The molecule has 0 aliphatic rings. The van der Waals surface area contributed by atoms with Crippen molar-refractivity contribution in [1.29, 1.82) is 0 Å². The Morgan fingerprint density at radius 2 is 2.05 bits per heavy atom. The minimum atomic E-state index is -0.509. The molecule has 1 rings (SSSR count). The molecule has 0 aliphatic heterocycles. The molecule has 1 aromatic rings. The van der Waals surface area contributed by atoms with Crippen molar-refractivity contribution in [1.82, 2.24) is 4.90 Å². The fourth-order valence-corrected chi connectivity index (χ4v) is 1.55. The van der Waals surface area contributed by atoms with Crippen LogP contribution in [-0.2, 0) is 14.3 Å². The Kier molecular flexibility index (Phi) is 6.06. The van der Waals surface area contributed by atoms with Crippen LogP contribution < -0.4 is 0 Å². The minimum Gasteiger partial charge on any atom is -0.469 e. The largest absolute Gasteiger partial charge is 0.469 e. The van der Waals surface area contributed by atoms with Crippen LogP contribution in [0.4, 0.5) is 5.69 Å². The van der Waals surface area contributed by atoms with Gasteiger partial charge in [0.15, 0.2) is 0 Å². The molecule has 0 saturated heterocycles. The zero-order valence-corrected chi connectivity index (χ0v) is 11.8.